The molecule has 0 saturated carbocycles. The first-order valence-electron chi connectivity index (χ1n) is 6.10. The molecule has 6 heteroatoms. The van der Waals surface area contributed by atoms with E-state index in [9.17, 15) is 4.79 Å². The lowest BCUT2D eigenvalue weighted by Crippen LogP contribution is -2.35. The van der Waals surface area contributed by atoms with E-state index in [0.29, 0.717) is 16.6 Å². The molecule has 0 radical (unpaired) electrons. The Morgan fingerprint density at radius 3 is 2.74 bits per heavy atom. The van der Waals surface area contributed by atoms with E-state index in [1.165, 1.54) is 0 Å². The molecule has 1 fully saturated rings. The summed E-state index contributed by atoms with van der Waals surface area (Å²) in [6.45, 7) is 3.41. The van der Waals surface area contributed by atoms with E-state index < -0.39 is 0 Å². The van der Waals surface area contributed by atoms with Crippen LogP contribution in [0.4, 0.5) is 0 Å². The molecule has 0 unspecified atom stereocenters. The molecule has 104 valence electrons. The van der Waals surface area contributed by atoms with Gasteiger partial charge in [0, 0.05) is 13.1 Å². The van der Waals surface area contributed by atoms with Crippen LogP contribution in [0.3, 0.4) is 0 Å². The predicted octanol–water partition coefficient (Wildman–Crippen LogP) is 3.18. The number of nitrogens with zero attached hydrogens (tertiary/aromatic N) is 1. The van der Waals surface area contributed by atoms with Crippen LogP contribution < -0.4 is 5.32 Å². The highest BCUT2D eigenvalue weighted by Gasteiger charge is 2.38. The van der Waals surface area contributed by atoms with Gasteiger partial charge in [0.1, 0.15) is 5.37 Å². The van der Waals surface area contributed by atoms with E-state index in [0.717, 1.165) is 12.1 Å². The first-order valence-corrected chi connectivity index (χ1v) is 7.80. The summed E-state index contributed by atoms with van der Waals surface area (Å²) in [6, 6.07) is 5.56. The molecule has 1 amide bonds. The van der Waals surface area contributed by atoms with Gasteiger partial charge in [-0.1, -0.05) is 29.3 Å². The SMILES string of the molecule is CNCCN1C(=O)[C@@H](C)S[C@H]1c1ccc(Cl)c(Cl)c1. The summed E-state index contributed by atoms with van der Waals surface area (Å²) in [4.78, 5) is 14.1. The summed E-state index contributed by atoms with van der Waals surface area (Å²) in [6.07, 6.45) is 0. The highest BCUT2D eigenvalue weighted by molar-refractivity contribution is 8.01. The topological polar surface area (TPSA) is 32.3 Å². The number of likely N-dealkylation sites (N-methyl/N-ethyl adjacent to an activating group) is 1. The average Bonchev–Trinajstić information content (AvgIpc) is 2.67. The second kappa shape index (κ2) is 6.35. The summed E-state index contributed by atoms with van der Waals surface area (Å²) in [7, 11) is 1.88. The fourth-order valence-electron chi connectivity index (χ4n) is 2.06. The monoisotopic (exact) mass is 318 g/mol. The molecule has 1 N–H and O–H groups in total. The Bertz CT molecular complexity index is 484. The third-order valence-corrected chi connectivity index (χ3v) is 5.21. The molecule has 3 nitrogen and oxygen atoms in total. The van der Waals surface area contributed by atoms with Crippen LogP contribution in [-0.2, 0) is 4.79 Å². The second-order valence-corrected chi connectivity index (χ2v) is 6.68. The summed E-state index contributed by atoms with van der Waals surface area (Å²) in [5, 5.41) is 4.14. The number of thioether (sulfide) groups is 1. The molecule has 2 atom stereocenters. The predicted molar refractivity (Wildman–Crippen MR) is 81.9 cm³/mol. The highest BCUT2D eigenvalue weighted by Crippen LogP contribution is 2.43. The fourth-order valence-corrected chi connectivity index (χ4v) is 3.66. The van der Waals surface area contributed by atoms with Gasteiger partial charge in [0.15, 0.2) is 0 Å². The standard InChI is InChI=1S/C13H16Cl2N2OS/c1-8-12(18)17(6-5-16-2)13(19-8)9-3-4-10(14)11(15)7-9/h3-4,7-8,13,16H,5-6H2,1-2H3/t8-,13+/m1/s1. The minimum absolute atomic E-state index is 0.0173. The van der Waals surface area contributed by atoms with Gasteiger partial charge in [0.05, 0.1) is 15.3 Å². The van der Waals surface area contributed by atoms with Crippen molar-refractivity contribution in [1.82, 2.24) is 10.2 Å². The lowest BCUT2D eigenvalue weighted by Gasteiger charge is -2.24. The lowest BCUT2D eigenvalue weighted by atomic mass is 10.2. The smallest absolute Gasteiger partial charge is 0.236 e. The molecule has 1 heterocycles. The lowest BCUT2D eigenvalue weighted by molar-refractivity contribution is -0.129. The second-order valence-electron chi connectivity index (χ2n) is 4.44. The number of rotatable bonds is 4. The van der Waals surface area contributed by atoms with Gasteiger partial charge < -0.3 is 10.2 Å². The van der Waals surface area contributed by atoms with E-state index in [4.69, 9.17) is 23.2 Å². The van der Waals surface area contributed by atoms with Crippen molar-refractivity contribution < 1.29 is 4.79 Å². The van der Waals surface area contributed by atoms with Gasteiger partial charge in [-0.3, -0.25) is 4.79 Å². The molecular formula is C13H16Cl2N2OS. The molecule has 1 aliphatic heterocycles. The first kappa shape index (κ1) is 15.0. The van der Waals surface area contributed by atoms with Crippen molar-refractivity contribution in [3.05, 3.63) is 33.8 Å². The van der Waals surface area contributed by atoms with Gasteiger partial charge in [-0.2, -0.15) is 0 Å². The van der Waals surface area contributed by atoms with E-state index in [2.05, 4.69) is 5.32 Å². The number of hydrogen-bond donors (Lipinski definition) is 1. The van der Waals surface area contributed by atoms with Crippen molar-refractivity contribution in [3.63, 3.8) is 0 Å². The van der Waals surface area contributed by atoms with Crippen molar-refractivity contribution in [3.8, 4) is 0 Å². The van der Waals surface area contributed by atoms with Gasteiger partial charge in [-0.05, 0) is 31.7 Å². The maximum absolute atomic E-state index is 12.2. The van der Waals surface area contributed by atoms with Crippen LogP contribution in [-0.4, -0.2) is 36.2 Å². The van der Waals surface area contributed by atoms with Gasteiger partial charge in [0.2, 0.25) is 5.91 Å². The number of nitrogens with one attached hydrogen (secondary N) is 1. The number of hydrogen-bond acceptors (Lipinski definition) is 3. The molecule has 0 spiro atoms. The van der Waals surface area contributed by atoms with Gasteiger partial charge in [-0.25, -0.2) is 0 Å². The quantitative estimate of drug-likeness (QED) is 0.925. The number of benzene rings is 1. The molecule has 1 aliphatic rings. The van der Waals surface area contributed by atoms with Gasteiger partial charge in [0.25, 0.3) is 0 Å². The number of halogens is 2. The van der Waals surface area contributed by atoms with Crippen molar-refractivity contribution >= 4 is 40.9 Å². The Labute approximate surface area is 127 Å². The molecule has 19 heavy (non-hydrogen) atoms. The third-order valence-electron chi connectivity index (χ3n) is 3.08. The van der Waals surface area contributed by atoms with Gasteiger partial charge in [-0.15, -0.1) is 11.8 Å². The molecule has 0 bridgehead atoms. The maximum atomic E-state index is 12.2. The van der Waals surface area contributed by atoms with E-state index in [1.807, 2.05) is 31.0 Å². The third kappa shape index (κ3) is 3.19. The Hall–Kier alpha value is -0.420. The minimum Gasteiger partial charge on any atom is -0.324 e. The minimum atomic E-state index is -0.0173. The van der Waals surface area contributed by atoms with Crippen molar-refractivity contribution in [2.45, 2.75) is 17.5 Å². The van der Waals surface area contributed by atoms with Crippen molar-refractivity contribution in [2.75, 3.05) is 20.1 Å². The molecule has 1 aromatic carbocycles. The van der Waals surface area contributed by atoms with Crippen LogP contribution in [0.15, 0.2) is 18.2 Å². The highest BCUT2D eigenvalue weighted by atomic mass is 35.5. The largest absolute Gasteiger partial charge is 0.324 e. The van der Waals surface area contributed by atoms with Crippen molar-refractivity contribution in [1.29, 1.82) is 0 Å². The molecule has 0 aromatic heterocycles. The number of amides is 1. The Balaban J connectivity index is 2.25. The zero-order valence-corrected chi connectivity index (χ0v) is 13.1. The van der Waals surface area contributed by atoms with Crippen LogP contribution in [0.25, 0.3) is 0 Å². The molecule has 1 aromatic rings. The maximum Gasteiger partial charge on any atom is 0.236 e. The van der Waals surface area contributed by atoms with Crippen LogP contribution in [0.5, 0.6) is 0 Å². The van der Waals surface area contributed by atoms with E-state index in [-0.39, 0.29) is 16.5 Å². The van der Waals surface area contributed by atoms with Crippen LogP contribution in [0, 0.1) is 0 Å². The Kier molecular flexibility index (Phi) is 5.01. The summed E-state index contributed by atoms with van der Waals surface area (Å²) in [5.41, 5.74) is 1.02. The Morgan fingerprint density at radius 1 is 1.37 bits per heavy atom. The molecule has 2 rings (SSSR count). The zero-order chi connectivity index (χ0) is 14.0. The molecule has 0 aliphatic carbocycles. The van der Waals surface area contributed by atoms with Crippen LogP contribution in [0.1, 0.15) is 17.9 Å². The Morgan fingerprint density at radius 2 is 2.11 bits per heavy atom. The van der Waals surface area contributed by atoms with E-state index in [1.54, 1.807) is 17.8 Å². The summed E-state index contributed by atoms with van der Waals surface area (Å²) in [5.74, 6) is 0.177. The zero-order valence-electron chi connectivity index (χ0n) is 10.8. The summed E-state index contributed by atoms with van der Waals surface area (Å²) >= 11 is 13.6. The fraction of sp³-hybridized carbons (Fsp3) is 0.462. The number of carbonyl (C=O) groups is 1. The first-order chi connectivity index (χ1) is 9.04. The average molecular weight is 319 g/mol. The molecule has 1 saturated heterocycles. The van der Waals surface area contributed by atoms with E-state index >= 15 is 0 Å². The van der Waals surface area contributed by atoms with Gasteiger partial charge >= 0.3 is 0 Å². The van der Waals surface area contributed by atoms with Crippen LogP contribution in [0.2, 0.25) is 10.0 Å². The summed E-state index contributed by atoms with van der Waals surface area (Å²) < 4.78 is 0. The van der Waals surface area contributed by atoms with Crippen molar-refractivity contribution in [2.24, 2.45) is 0 Å². The normalized spacial score (nSPS) is 23.2. The molecular weight excluding hydrogens is 303 g/mol. The number of carbonyl (C=O) groups excluding carboxylic acids is 1. The van der Waals surface area contributed by atoms with Crippen LogP contribution >= 0.6 is 35.0 Å².